The van der Waals surface area contributed by atoms with Crippen molar-refractivity contribution in [3.8, 4) is 10.6 Å². The number of carbonyl (C=O) groups excluding carboxylic acids is 1. The molecule has 0 radical (unpaired) electrons. The molecule has 3 nitrogen and oxygen atoms in total. The van der Waals surface area contributed by atoms with Crippen molar-refractivity contribution in [3.05, 3.63) is 41.0 Å². The number of aromatic nitrogens is 2. The number of rotatable bonds is 2. The fraction of sp³-hybridized carbons (Fsp3) is 0.0769. The molecule has 1 N–H and O–H groups in total. The van der Waals surface area contributed by atoms with Gasteiger partial charge in [-0.05, 0) is 31.2 Å². The van der Waals surface area contributed by atoms with Crippen molar-refractivity contribution in [2.75, 3.05) is 0 Å². The zero-order valence-corrected chi connectivity index (χ0v) is 10.0. The van der Waals surface area contributed by atoms with Crippen LogP contribution in [0.4, 0.5) is 0 Å². The maximum absolute atomic E-state index is 10.6. The van der Waals surface area contributed by atoms with Gasteiger partial charge in [0.05, 0.1) is 0 Å². The Labute approximate surface area is 102 Å². The number of carbonyl (C=O) groups is 1. The molecule has 2 heterocycles. The molecule has 0 aliphatic rings. The van der Waals surface area contributed by atoms with Crippen LogP contribution in [-0.2, 0) is 0 Å². The number of thiazole rings is 1. The molecule has 17 heavy (non-hydrogen) atoms. The maximum atomic E-state index is 10.6. The normalized spacial score (nSPS) is 10.9. The number of hydrogen-bond donors (Lipinski definition) is 1. The standard InChI is InChI=1S/C13H10N2OS/c1-8-4-10-5-9(2-3-12(10)14-8)13-15-11(6-16)7-17-13/h2-7,14H,1H3. The first-order valence-electron chi connectivity index (χ1n) is 5.27. The molecule has 0 atom stereocenters. The molecule has 0 unspecified atom stereocenters. The van der Waals surface area contributed by atoms with E-state index < -0.39 is 0 Å². The van der Waals surface area contributed by atoms with Crippen molar-refractivity contribution in [1.82, 2.24) is 9.97 Å². The summed E-state index contributed by atoms with van der Waals surface area (Å²) in [5.41, 5.74) is 3.81. The minimum Gasteiger partial charge on any atom is -0.359 e. The Morgan fingerprint density at radius 1 is 1.35 bits per heavy atom. The van der Waals surface area contributed by atoms with Crippen molar-refractivity contribution >= 4 is 28.5 Å². The fourth-order valence-electron chi connectivity index (χ4n) is 1.88. The van der Waals surface area contributed by atoms with Gasteiger partial charge >= 0.3 is 0 Å². The fourth-order valence-corrected chi connectivity index (χ4v) is 2.65. The van der Waals surface area contributed by atoms with E-state index in [1.807, 2.05) is 19.1 Å². The van der Waals surface area contributed by atoms with E-state index >= 15 is 0 Å². The first-order chi connectivity index (χ1) is 8.26. The number of hydrogen-bond acceptors (Lipinski definition) is 3. The second kappa shape index (κ2) is 3.82. The van der Waals surface area contributed by atoms with Crippen LogP contribution in [0.1, 0.15) is 16.2 Å². The summed E-state index contributed by atoms with van der Waals surface area (Å²) in [7, 11) is 0. The molecule has 0 spiro atoms. The molecule has 0 saturated carbocycles. The third-order valence-electron chi connectivity index (χ3n) is 2.65. The lowest BCUT2D eigenvalue weighted by atomic mass is 10.1. The highest BCUT2D eigenvalue weighted by atomic mass is 32.1. The zero-order chi connectivity index (χ0) is 11.8. The minimum absolute atomic E-state index is 0.496. The topological polar surface area (TPSA) is 45.8 Å². The smallest absolute Gasteiger partial charge is 0.169 e. The molecule has 84 valence electrons. The summed E-state index contributed by atoms with van der Waals surface area (Å²) in [6, 6.07) is 8.25. The van der Waals surface area contributed by atoms with Gasteiger partial charge in [-0.2, -0.15) is 0 Å². The van der Waals surface area contributed by atoms with Gasteiger partial charge in [-0.15, -0.1) is 11.3 Å². The number of aldehydes is 1. The van der Waals surface area contributed by atoms with E-state index in [4.69, 9.17) is 0 Å². The Hall–Kier alpha value is -1.94. The first-order valence-corrected chi connectivity index (χ1v) is 6.15. The average Bonchev–Trinajstić information content (AvgIpc) is 2.92. The Kier molecular flexibility index (Phi) is 2.30. The molecule has 0 saturated heterocycles. The van der Waals surface area contributed by atoms with Gasteiger partial charge in [-0.1, -0.05) is 0 Å². The molecule has 4 heteroatoms. The monoisotopic (exact) mass is 242 g/mol. The zero-order valence-electron chi connectivity index (χ0n) is 9.23. The van der Waals surface area contributed by atoms with Crippen LogP contribution in [0.2, 0.25) is 0 Å². The molecule has 3 rings (SSSR count). The summed E-state index contributed by atoms with van der Waals surface area (Å²) < 4.78 is 0. The van der Waals surface area contributed by atoms with Gasteiger partial charge in [0.25, 0.3) is 0 Å². The van der Waals surface area contributed by atoms with Gasteiger partial charge in [-0.25, -0.2) is 4.98 Å². The largest absolute Gasteiger partial charge is 0.359 e. The van der Waals surface area contributed by atoms with E-state index in [0.29, 0.717) is 5.69 Å². The van der Waals surface area contributed by atoms with Crippen LogP contribution in [0.15, 0.2) is 29.6 Å². The van der Waals surface area contributed by atoms with Crippen molar-refractivity contribution in [2.24, 2.45) is 0 Å². The quantitative estimate of drug-likeness (QED) is 0.700. The Balaban J connectivity index is 2.13. The van der Waals surface area contributed by atoms with E-state index in [1.165, 1.54) is 16.7 Å². The Morgan fingerprint density at radius 3 is 3.00 bits per heavy atom. The molecule has 0 aliphatic carbocycles. The Bertz CT molecular complexity index is 696. The van der Waals surface area contributed by atoms with E-state index in [1.54, 1.807) is 5.38 Å². The molecule has 0 aliphatic heterocycles. The van der Waals surface area contributed by atoms with Crippen molar-refractivity contribution in [2.45, 2.75) is 6.92 Å². The van der Waals surface area contributed by atoms with Gasteiger partial charge < -0.3 is 4.98 Å². The maximum Gasteiger partial charge on any atom is 0.169 e. The Morgan fingerprint density at radius 2 is 2.24 bits per heavy atom. The van der Waals surface area contributed by atoms with Crippen LogP contribution < -0.4 is 0 Å². The number of nitrogens with zero attached hydrogens (tertiary/aromatic N) is 1. The van der Waals surface area contributed by atoms with Gasteiger partial charge in [0.2, 0.25) is 0 Å². The number of H-pyrrole nitrogens is 1. The summed E-state index contributed by atoms with van der Waals surface area (Å²) in [4.78, 5) is 18.1. The predicted molar refractivity (Wildman–Crippen MR) is 69.5 cm³/mol. The SMILES string of the molecule is Cc1cc2cc(-c3nc(C=O)cs3)ccc2[nH]1. The lowest BCUT2D eigenvalue weighted by Gasteiger charge is -1.96. The second-order valence-corrected chi connectivity index (χ2v) is 4.81. The van der Waals surface area contributed by atoms with E-state index in [9.17, 15) is 4.79 Å². The second-order valence-electron chi connectivity index (χ2n) is 3.95. The number of aryl methyl sites for hydroxylation is 1. The summed E-state index contributed by atoms with van der Waals surface area (Å²) in [6.07, 6.45) is 0.777. The summed E-state index contributed by atoms with van der Waals surface area (Å²) in [6.45, 7) is 2.04. The summed E-state index contributed by atoms with van der Waals surface area (Å²) in [5.74, 6) is 0. The van der Waals surface area contributed by atoms with Crippen LogP contribution >= 0.6 is 11.3 Å². The van der Waals surface area contributed by atoms with E-state index in [-0.39, 0.29) is 0 Å². The molecule has 0 fully saturated rings. The van der Waals surface area contributed by atoms with Crippen LogP contribution in [0.3, 0.4) is 0 Å². The predicted octanol–water partition coefficient (Wildman–Crippen LogP) is 3.41. The van der Waals surface area contributed by atoms with E-state index in [2.05, 4.69) is 22.1 Å². The van der Waals surface area contributed by atoms with Crippen LogP contribution in [0, 0.1) is 6.92 Å². The average molecular weight is 242 g/mol. The van der Waals surface area contributed by atoms with Crippen LogP contribution in [0.5, 0.6) is 0 Å². The molecule has 0 amide bonds. The minimum atomic E-state index is 0.496. The lowest BCUT2D eigenvalue weighted by molar-refractivity contribution is 0.111. The number of nitrogens with one attached hydrogen (secondary N) is 1. The lowest BCUT2D eigenvalue weighted by Crippen LogP contribution is -1.80. The highest BCUT2D eigenvalue weighted by Gasteiger charge is 2.06. The van der Waals surface area contributed by atoms with Gasteiger partial charge in [0.15, 0.2) is 6.29 Å². The molecule has 3 aromatic rings. The molecular weight excluding hydrogens is 232 g/mol. The van der Waals surface area contributed by atoms with Gasteiger partial charge in [0, 0.05) is 27.5 Å². The first kappa shape index (κ1) is 10.2. The van der Waals surface area contributed by atoms with Crippen LogP contribution in [0.25, 0.3) is 21.5 Å². The molecule has 0 bridgehead atoms. The number of aromatic amines is 1. The third-order valence-corrected chi connectivity index (χ3v) is 3.55. The number of fused-ring (bicyclic) bond motifs is 1. The third kappa shape index (κ3) is 1.76. The van der Waals surface area contributed by atoms with Crippen molar-refractivity contribution in [1.29, 1.82) is 0 Å². The summed E-state index contributed by atoms with van der Waals surface area (Å²) in [5, 5.41) is 3.82. The highest BCUT2D eigenvalue weighted by molar-refractivity contribution is 7.13. The molecule has 2 aromatic heterocycles. The molecule has 1 aromatic carbocycles. The summed E-state index contributed by atoms with van der Waals surface area (Å²) >= 11 is 1.49. The number of benzene rings is 1. The van der Waals surface area contributed by atoms with Crippen molar-refractivity contribution in [3.63, 3.8) is 0 Å². The highest BCUT2D eigenvalue weighted by Crippen LogP contribution is 2.27. The van der Waals surface area contributed by atoms with Crippen molar-refractivity contribution < 1.29 is 4.79 Å². The van der Waals surface area contributed by atoms with Gasteiger partial charge in [-0.3, -0.25) is 4.79 Å². The van der Waals surface area contributed by atoms with Crippen LogP contribution in [-0.4, -0.2) is 16.3 Å². The molecular formula is C13H10N2OS. The van der Waals surface area contributed by atoms with Gasteiger partial charge in [0.1, 0.15) is 10.7 Å². The van der Waals surface area contributed by atoms with E-state index in [0.717, 1.165) is 28.1 Å².